The summed E-state index contributed by atoms with van der Waals surface area (Å²) in [7, 11) is 0. The molecule has 1 aliphatic carbocycles. The Morgan fingerprint density at radius 3 is 1.88 bits per heavy atom. The minimum Gasteiger partial charge on any atom is -0.460 e. The Hall–Kier alpha value is -2.70. The average Bonchev–Trinajstić information content (AvgIpc) is 2.70. The highest BCUT2D eigenvalue weighted by molar-refractivity contribution is 6.20. The Bertz CT molecular complexity index is 728. The van der Waals surface area contributed by atoms with E-state index in [1.54, 1.807) is 32.9 Å². The van der Waals surface area contributed by atoms with Gasteiger partial charge in [-0.2, -0.15) is 0 Å². The van der Waals surface area contributed by atoms with Gasteiger partial charge in [-0.1, -0.05) is 17.2 Å². The summed E-state index contributed by atoms with van der Waals surface area (Å²) < 4.78 is 5.29. The van der Waals surface area contributed by atoms with Gasteiger partial charge in [0.1, 0.15) is 5.60 Å². The van der Waals surface area contributed by atoms with Gasteiger partial charge in [0.15, 0.2) is 0 Å². The minimum atomic E-state index is -0.767. The second-order valence-corrected chi connectivity index (χ2v) is 7.18. The highest BCUT2D eigenvalue weighted by Gasteiger charge is 2.47. The molecule has 0 radical (unpaired) electrons. The first kappa shape index (κ1) is 17.1. The predicted octanol–water partition coefficient (Wildman–Crippen LogP) is 2.11. The maximum atomic E-state index is 12.3. The fourth-order valence-corrected chi connectivity index (χ4v) is 2.85. The number of imide groups is 1. The largest absolute Gasteiger partial charge is 0.460 e. The van der Waals surface area contributed by atoms with E-state index in [4.69, 9.17) is 9.57 Å². The van der Waals surface area contributed by atoms with Crippen LogP contribution in [0.1, 0.15) is 54.3 Å². The summed E-state index contributed by atoms with van der Waals surface area (Å²) in [6.07, 6.45) is 0.961. The van der Waals surface area contributed by atoms with Crippen molar-refractivity contribution in [1.29, 1.82) is 0 Å². The maximum Gasteiger partial charge on any atom is 0.337 e. The second kappa shape index (κ2) is 5.98. The number of benzene rings is 1. The number of fused-ring (bicyclic) bond motifs is 1. The van der Waals surface area contributed by atoms with E-state index in [9.17, 15) is 19.2 Å². The number of ether oxygens (including phenoxy) is 1. The Morgan fingerprint density at radius 1 is 0.960 bits per heavy atom. The third-order valence-corrected chi connectivity index (χ3v) is 4.22. The molecular weight excluding hydrogens is 326 g/mol. The van der Waals surface area contributed by atoms with E-state index >= 15 is 0 Å². The Balaban J connectivity index is 1.67. The molecule has 1 heterocycles. The van der Waals surface area contributed by atoms with Crippen molar-refractivity contribution in [1.82, 2.24) is 5.06 Å². The van der Waals surface area contributed by atoms with Crippen LogP contribution in [0.15, 0.2) is 24.3 Å². The highest BCUT2D eigenvalue weighted by Crippen LogP contribution is 2.37. The Morgan fingerprint density at radius 2 is 1.44 bits per heavy atom. The standard InChI is InChI=1S/C18H19NO6/c1-18(2,3)24-16(22)12-8-9-13(12)17(23)25-19-14(20)10-6-4-5-7-11(10)15(19)21/h4-7,12-13H,8-9H2,1-3H3/t12-,13-/m1/s1. The van der Waals surface area contributed by atoms with Gasteiger partial charge in [-0.25, -0.2) is 4.79 Å². The van der Waals surface area contributed by atoms with Crippen LogP contribution in [0.25, 0.3) is 0 Å². The molecule has 0 N–H and O–H groups in total. The maximum absolute atomic E-state index is 12.3. The lowest BCUT2D eigenvalue weighted by molar-refractivity contribution is -0.187. The zero-order valence-corrected chi connectivity index (χ0v) is 14.3. The SMILES string of the molecule is CC(C)(C)OC(=O)[C@@H]1CC[C@H]1C(=O)ON1C(=O)c2ccccc2C1=O. The van der Waals surface area contributed by atoms with Crippen LogP contribution in [0.5, 0.6) is 0 Å². The van der Waals surface area contributed by atoms with Crippen LogP contribution < -0.4 is 0 Å². The molecule has 0 saturated heterocycles. The van der Waals surface area contributed by atoms with Gasteiger partial charge in [0, 0.05) is 0 Å². The van der Waals surface area contributed by atoms with E-state index < -0.39 is 41.2 Å². The lowest BCUT2D eigenvalue weighted by Gasteiger charge is -2.35. The first-order valence-electron chi connectivity index (χ1n) is 8.11. The third kappa shape index (κ3) is 3.14. The molecule has 7 nitrogen and oxygen atoms in total. The number of rotatable bonds is 3. The minimum absolute atomic E-state index is 0.192. The smallest absolute Gasteiger partial charge is 0.337 e. The molecule has 1 aliphatic heterocycles. The lowest BCUT2D eigenvalue weighted by atomic mass is 9.73. The van der Waals surface area contributed by atoms with E-state index in [-0.39, 0.29) is 11.1 Å². The molecule has 25 heavy (non-hydrogen) atoms. The quantitative estimate of drug-likeness (QED) is 0.616. The number of hydrogen-bond acceptors (Lipinski definition) is 6. The molecule has 0 aromatic heterocycles. The number of hydrogen-bond donors (Lipinski definition) is 0. The highest BCUT2D eigenvalue weighted by atomic mass is 16.7. The van der Waals surface area contributed by atoms with Crippen molar-refractivity contribution in [3.8, 4) is 0 Å². The average molecular weight is 345 g/mol. The van der Waals surface area contributed by atoms with E-state index in [0.29, 0.717) is 17.9 Å². The van der Waals surface area contributed by atoms with Gasteiger partial charge < -0.3 is 9.57 Å². The van der Waals surface area contributed by atoms with Gasteiger partial charge in [0.25, 0.3) is 11.8 Å². The van der Waals surface area contributed by atoms with Crippen LogP contribution >= 0.6 is 0 Å². The molecule has 1 fully saturated rings. The second-order valence-electron chi connectivity index (χ2n) is 7.18. The molecule has 0 bridgehead atoms. The normalized spacial score (nSPS) is 22.3. The molecule has 1 aromatic carbocycles. The van der Waals surface area contributed by atoms with Crippen molar-refractivity contribution in [2.45, 2.75) is 39.2 Å². The third-order valence-electron chi connectivity index (χ3n) is 4.22. The topological polar surface area (TPSA) is 90.0 Å². The van der Waals surface area contributed by atoms with Crippen molar-refractivity contribution in [3.05, 3.63) is 35.4 Å². The van der Waals surface area contributed by atoms with Gasteiger partial charge in [-0.05, 0) is 45.7 Å². The number of carbonyl (C=O) groups excluding carboxylic acids is 4. The van der Waals surface area contributed by atoms with Gasteiger partial charge in [0.05, 0.1) is 23.0 Å². The molecule has 2 aliphatic rings. The number of nitrogens with zero attached hydrogens (tertiary/aromatic N) is 1. The summed E-state index contributed by atoms with van der Waals surface area (Å²) in [5, 5.41) is 0.470. The van der Waals surface area contributed by atoms with Crippen LogP contribution in [0, 0.1) is 11.8 Å². The number of carbonyl (C=O) groups is 4. The van der Waals surface area contributed by atoms with Gasteiger partial charge in [-0.15, -0.1) is 0 Å². The molecule has 3 rings (SSSR count). The van der Waals surface area contributed by atoms with Crippen LogP contribution in [0.4, 0.5) is 0 Å². The van der Waals surface area contributed by atoms with Crippen molar-refractivity contribution >= 4 is 23.8 Å². The number of esters is 1. The van der Waals surface area contributed by atoms with Crippen LogP contribution in [0.2, 0.25) is 0 Å². The van der Waals surface area contributed by atoms with E-state index in [1.807, 2.05) is 0 Å². The van der Waals surface area contributed by atoms with E-state index in [1.165, 1.54) is 12.1 Å². The number of hydroxylamine groups is 2. The molecule has 7 heteroatoms. The summed E-state index contributed by atoms with van der Waals surface area (Å²) in [6.45, 7) is 5.24. The number of amides is 2. The monoisotopic (exact) mass is 345 g/mol. The summed E-state index contributed by atoms with van der Waals surface area (Å²) in [5.41, 5.74) is -0.265. The first-order valence-corrected chi connectivity index (χ1v) is 8.11. The van der Waals surface area contributed by atoms with Crippen LogP contribution in [0.3, 0.4) is 0 Å². The summed E-state index contributed by atoms with van der Waals surface area (Å²) in [6, 6.07) is 6.24. The van der Waals surface area contributed by atoms with E-state index in [2.05, 4.69) is 0 Å². The van der Waals surface area contributed by atoms with Crippen molar-refractivity contribution in [2.24, 2.45) is 11.8 Å². The van der Waals surface area contributed by atoms with Crippen molar-refractivity contribution in [2.75, 3.05) is 0 Å². The molecule has 0 spiro atoms. The molecule has 132 valence electrons. The first-order chi connectivity index (χ1) is 11.7. The summed E-state index contributed by atoms with van der Waals surface area (Å²) >= 11 is 0. The van der Waals surface area contributed by atoms with Gasteiger partial charge in [-0.3, -0.25) is 14.4 Å². The summed E-state index contributed by atoms with van der Waals surface area (Å²) in [5.74, 6) is -3.91. The molecule has 1 saturated carbocycles. The zero-order chi connectivity index (χ0) is 18.4. The van der Waals surface area contributed by atoms with Crippen LogP contribution in [-0.4, -0.2) is 34.4 Å². The van der Waals surface area contributed by atoms with E-state index in [0.717, 1.165) is 0 Å². The molecule has 2 amide bonds. The Labute approximate surface area is 144 Å². The van der Waals surface area contributed by atoms with Crippen LogP contribution in [-0.2, 0) is 19.2 Å². The lowest BCUT2D eigenvalue weighted by Crippen LogP contribution is -2.45. The zero-order valence-electron chi connectivity index (χ0n) is 14.3. The predicted molar refractivity (Wildman–Crippen MR) is 85.1 cm³/mol. The summed E-state index contributed by atoms with van der Waals surface area (Å²) in [4.78, 5) is 53.9. The van der Waals surface area contributed by atoms with Gasteiger partial charge >= 0.3 is 11.9 Å². The molecule has 1 aromatic rings. The van der Waals surface area contributed by atoms with Gasteiger partial charge in [0.2, 0.25) is 0 Å². The van der Waals surface area contributed by atoms with Crippen molar-refractivity contribution < 1.29 is 28.8 Å². The van der Waals surface area contributed by atoms with Crippen molar-refractivity contribution in [3.63, 3.8) is 0 Å². The Kier molecular flexibility index (Phi) is 4.10. The molecular formula is C18H19NO6. The molecule has 0 unspecified atom stereocenters. The molecule has 2 atom stereocenters. The fraction of sp³-hybridized carbons (Fsp3) is 0.444. The fourth-order valence-electron chi connectivity index (χ4n) is 2.85.